The molecule has 2 fully saturated rings. The Bertz CT molecular complexity index is 1630. The van der Waals surface area contributed by atoms with Crippen LogP contribution in [-0.4, -0.2) is 81.2 Å². The van der Waals surface area contributed by atoms with Crippen molar-refractivity contribution in [3.8, 4) is 0 Å². The Hall–Kier alpha value is -3.60. The maximum absolute atomic E-state index is 13.0. The number of anilines is 4. The van der Waals surface area contributed by atoms with Crippen LogP contribution in [0.1, 0.15) is 31.0 Å². The monoisotopic (exact) mass is 616 g/mol. The summed E-state index contributed by atoms with van der Waals surface area (Å²) in [5.74, 6) is 0.833. The lowest BCUT2D eigenvalue weighted by molar-refractivity contribution is 0.0438. The van der Waals surface area contributed by atoms with Crippen molar-refractivity contribution < 1.29 is 18.6 Å². The number of sulfonamides is 1. The van der Waals surface area contributed by atoms with Crippen LogP contribution in [-0.2, 0) is 10.0 Å². The number of nitrogens with zero attached hydrogens (tertiary/aromatic N) is 5. The molecule has 1 saturated heterocycles. The molecule has 3 heterocycles. The van der Waals surface area contributed by atoms with Gasteiger partial charge < -0.3 is 31.9 Å². The van der Waals surface area contributed by atoms with Crippen molar-refractivity contribution in [2.75, 3.05) is 28.0 Å². The minimum atomic E-state index is -3.85. The zero-order valence-electron chi connectivity index (χ0n) is 22.5. The Labute approximate surface area is 248 Å². The van der Waals surface area contributed by atoms with Crippen LogP contribution in [0.25, 0.3) is 10.9 Å². The molecule has 16 heteroatoms. The number of aromatic nitrogens is 5. The Morgan fingerprint density at radius 3 is 2.26 bits per heavy atom. The molecule has 0 spiro atoms. The number of aliphatic hydroxyl groups excluding tert-OH is 2. The molecule has 4 aromatic rings. The molecule has 1 aliphatic heterocycles. The van der Waals surface area contributed by atoms with E-state index in [0.717, 1.165) is 10.9 Å². The molecule has 0 bridgehead atoms. The molecule has 1 aliphatic carbocycles. The van der Waals surface area contributed by atoms with Gasteiger partial charge in [0, 0.05) is 42.2 Å². The van der Waals surface area contributed by atoms with E-state index in [1.165, 1.54) is 12.1 Å². The predicted molar refractivity (Wildman–Crippen MR) is 160 cm³/mol. The summed E-state index contributed by atoms with van der Waals surface area (Å²) in [7, 11) is -3.85. The first kappa shape index (κ1) is 29.9. The van der Waals surface area contributed by atoms with Gasteiger partial charge in [-0.25, -0.2) is 8.42 Å². The maximum atomic E-state index is 13.0. The van der Waals surface area contributed by atoms with E-state index in [1.54, 1.807) is 36.5 Å². The van der Waals surface area contributed by atoms with Gasteiger partial charge in [0.1, 0.15) is 5.82 Å². The molecule has 1 unspecified atom stereocenters. The standard InChI is InChI=1S/C26H32N10O4S.ClH/c27-16-9-17(28)13-36(12-16)26-32-24(15-7-22(37)23(38)8-15)31-25(33-26)30-18-3-5-20(6-4-18)41(39,40)35-19-2-1-14-11-29-34-21(14)10-19;/h1-6,10-11,15-17,22-23,35,37-38H,7-9,12-13,27-28H2,(H,29,34)(H,30,31,32,33);1H/t15?,16-,17+,22-,23+;. The number of piperidine rings is 1. The first-order valence-electron chi connectivity index (χ1n) is 13.3. The molecular weight excluding hydrogens is 584 g/mol. The van der Waals surface area contributed by atoms with Crippen molar-refractivity contribution in [3.05, 3.63) is 54.5 Å². The Balaban J connectivity index is 0.00000353. The van der Waals surface area contributed by atoms with Gasteiger partial charge in [0.15, 0.2) is 0 Å². The van der Waals surface area contributed by atoms with Crippen LogP contribution in [0.3, 0.4) is 0 Å². The number of fused-ring (bicyclic) bond motifs is 1. The van der Waals surface area contributed by atoms with E-state index < -0.39 is 22.2 Å². The van der Waals surface area contributed by atoms with Gasteiger partial charge in [-0.05, 0) is 61.7 Å². The van der Waals surface area contributed by atoms with Gasteiger partial charge in [-0.1, -0.05) is 0 Å². The smallest absolute Gasteiger partial charge is 0.261 e. The van der Waals surface area contributed by atoms with Crippen LogP contribution in [0.2, 0.25) is 0 Å². The van der Waals surface area contributed by atoms with Gasteiger partial charge in [-0.15, -0.1) is 12.4 Å². The first-order valence-corrected chi connectivity index (χ1v) is 14.8. The molecule has 2 aromatic carbocycles. The largest absolute Gasteiger partial charge is 0.390 e. The molecule has 2 aromatic heterocycles. The van der Waals surface area contributed by atoms with E-state index in [2.05, 4.69) is 35.2 Å². The number of H-pyrrole nitrogens is 1. The molecule has 14 nitrogen and oxygen atoms in total. The Kier molecular flexibility index (Phi) is 8.50. The summed E-state index contributed by atoms with van der Waals surface area (Å²) in [6.45, 7) is 1.05. The highest BCUT2D eigenvalue weighted by Gasteiger charge is 2.35. The lowest BCUT2D eigenvalue weighted by Gasteiger charge is -2.34. The highest BCUT2D eigenvalue weighted by molar-refractivity contribution is 7.92. The average Bonchev–Trinajstić information content (AvgIpc) is 3.53. The van der Waals surface area contributed by atoms with E-state index in [-0.39, 0.29) is 41.3 Å². The summed E-state index contributed by atoms with van der Waals surface area (Å²) in [5.41, 5.74) is 14.1. The normalized spacial score (nSPS) is 24.4. The van der Waals surface area contributed by atoms with E-state index >= 15 is 0 Å². The van der Waals surface area contributed by atoms with E-state index in [4.69, 9.17) is 11.5 Å². The van der Waals surface area contributed by atoms with Crippen LogP contribution in [0.4, 0.5) is 23.3 Å². The third-order valence-electron chi connectivity index (χ3n) is 7.42. The first-order chi connectivity index (χ1) is 19.6. The van der Waals surface area contributed by atoms with Gasteiger partial charge in [-0.2, -0.15) is 20.1 Å². The summed E-state index contributed by atoms with van der Waals surface area (Å²) < 4.78 is 28.6. The van der Waals surface area contributed by atoms with Crippen molar-refractivity contribution in [3.63, 3.8) is 0 Å². The average molecular weight is 617 g/mol. The highest BCUT2D eigenvalue weighted by Crippen LogP contribution is 2.34. The minimum absolute atomic E-state index is 0. The lowest BCUT2D eigenvalue weighted by atomic mass is 10.0. The fraction of sp³-hybridized carbons (Fsp3) is 0.385. The van der Waals surface area contributed by atoms with Crippen molar-refractivity contribution >= 4 is 56.6 Å². The quantitative estimate of drug-likeness (QED) is 0.155. The fourth-order valence-corrected chi connectivity index (χ4v) is 6.42. The third kappa shape index (κ3) is 6.40. The Morgan fingerprint density at radius 1 is 0.905 bits per heavy atom. The van der Waals surface area contributed by atoms with E-state index in [1.807, 2.05) is 4.90 Å². The van der Waals surface area contributed by atoms with Crippen LogP contribution in [0, 0.1) is 0 Å². The number of aromatic amines is 1. The van der Waals surface area contributed by atoms with Gasteiger partial charge in [0.25, 0.3) is 10.0 Å². The Morgan fingerprint density at radius 2 is 1.57 bits per heavy atom. The molecular formula is C26H33ClN10O4S. The SMILES string of the molecule is Cl.N[C@@H]1C[C@H](N)CN(c2nc(Nc3ccc(S(=O)(=O)Nc4ccc5cn[nH]c5c4)cc3)nc(C3C[C@@H](O)[C@@H](O)C3)n2)C1. The molecule has 5 atom stereocenters. The number of aliphatic hydroxyl groups is 2. The van der Waals surface area contributed by atoms with Crippen molar-refractivity contribution in [2.45, 2.75) is 54.4 Å². The second-order valence-electron chi connectivity index (χ2n) is 10.7. The predicted octanol–water partition coefficient (Wildman–Crippen LogP) is 1.18. The van der Waals surface area contributed by atoms with Crippen molar-refractivity contribution in [2.24, 2.45) is 11.5 Å². The summed E-state index contributed by atoms with van der Waals surface area (Å²) >= 11 is 0. The number of nitrogens with two attached hydrogens (primary N) is 2. The molecule has 0 amide bonds. The van der Waals surface area contributed by atoms with Crippen LogP contribution < -0.4 is 26.4 Å². The van der Waals surface area contributed by atoms with E-state index in [0.29, 0.717) is 55.5 Å². The molecule has 2 aliphatic rings. The zero-order valence-corrected chi connectivity index (χ0v) is 24.1. The fourth-order valence-electron chi connectivity index (χ4n) is 5.37. The number of hydrogen-bond acceptors (Lipinski definition) is 12. The topological polar surface area (TPSA) is 221 Å². The van der Waals surface area contributed by atoms with E-state index in [9.17, 15) is 18.6 Å². The van der Waals surface area contributed by atoms with Crippen LogP contribution in [0.15, 0.2) is 53.6 Å². The zero-order chi connectivity index (χ0) is 28.7. The minimum Gasteiger partial charge on any atom is -0.390 e. The highest BCUT2D eigenvalue weighted by atomic mass is 35.5. The van der Waals surface area contributed by atoms with Gasteiger partial charge in [0.05, 0.1) is 34.5 Å². The number of nitrogens with one attached hydrogen (secondary N) is 3. The number of rotatable bonds is 7. The molecule has 1 saturated carbocycles. The summed E-state index contributed by atoms with van der Waals surface area (Å²) in [6.07, 6.45) is 1.32. The van der Waals surface area contributed by atoms with Crippen molar-refractivity contribution in [1.82, 2.24) is 25.1 Å². The second kappa shape index (κ2) is 11.9. The number of benzene rings is 2. The summed E-state index contributed by atoms with van der Waals surface area (Å²) in [6, 6.07) is 11.1. The summed E-state index contributed by atoms with van der Waals surface area (Å²) in [5, 5.41) is 31.0. The molecule has 9 N–H and O–H groups in total. The molecule has 0 radical (unpaired) electrons. The number of halogens is 1. The lowest BCUT2D eigenvalue weighted by Crippen LogP contribution is -2.53. The van der Waals surface area contributed by atoms with Gasteiger partial charge in [0.2, 0.25) is 11.9 Å². The molecule has 224 valence electrons. The summed E-state index contributed by atoms with van der Waals surface area (Å²) in [4.78, 5) is 15.8. The third-order valence-corrected chi connectivity index (χ3v) is 8.81. The van der Waals surface area contributed by atoms with Crippen LogP contribution >= 0.6 is 12.4 Å². The van der Waals surface area contributed by atoms with Crippen LogP contribution in [0.5, 0.6) is 0 Å². The maximum Gasteiger partial charge on any atom is 0.261 e. The van der Waals surface area contributed by atoms with Crippen molar-refractivity contribution in [1.29, 1.82) is 0 Å². The van der Waals surface area contributed by atoms with Gasteiger partial charge in [-0.3, -0.25) is 9.82 Å². The van der Waals surface area contributed by atoms with Gasteiger partial charge >= 0.3 is 0 Å². The second-order valence-corrected chi connectivity index (χ2v) is 12.4. The number of hydrogen-bond donors (Lipinski definition) is 7. The molecule has 42 heavy (non-hydrogen) atoms. The molecule has 6 rings (SSSR count).